The number of esters is 1. The van der Waals surface area contributed by atoms with Crippen LogP contribution in [0.5, 0.6) is 5.75 Å². The van der Waals surface area contributed by atoms with Gasteiger partial charge < -0.3 is 20.3 Å². The molecule has 6 nitrogen and oxygen atoms in total. The zero-order valence-electron chi connectivity index (χ0n) is 9.47. The van der Waals surface area contributed by atoms with E-state index in [2.05, 4.69) is 4.74 Å². The Hall–Kier alpha value is -2.24. The molecule has 0 bridgehead atoms. The number of aromatic carboxylic acids is 1. The van der Waals surface area contributed by atoms with Gasteiger partial charge in [0, 0.05) is 0 Å². The Morgan fingerprint density at radius 3 is 2.59 bits per heavy atom. The van der Waals surface area contributed by atoms with Crippen molar-refractivity contribution in [2.75, 3.05) is 12.8 Å². The topological polar surface area (TPSA) is 98.8 Å². The largest absolute Gasteiger partial charge is 0.478 e. The highest BCUT2D eigenvalue weighted by Crippen LogP contribution is 2.24. The van der Waals surface area contributed by atoms with Crippen molar-refractivity contribution in [2.24, 2.45) is 0 Å². The Labute approximate surface area is 97.9 Å². The van der Waals surface area contributed by atoms with Gasteiger partial charge in [-0.3, -0.25) is 0 Å². The Balaban J connectivity index is 2.93. The molecule has 0 aliphatic heterocycles. The van der Waals surface area contributed by atoms with Crippen LogP contribution in [-0.4, -0.2) is 30.3 Å². The van der Waals surface area contributed by atoms with E-state index in [1.807, 2.05) is 0 Å². The smallest absolute Gasteiger partial charge is 0.346 e. The number of ether oxygens (including phenoxy) is 2. The Morgan fingerprint density at radius 1 is 1.41 bits per heavy atom. The highest BCUT2D eigenvalue weighted by molar-refractivity contribution is 5.89. The fraction of sp³-hybridized carbons (Fsp3) is 0.273. The quantitative estimate of drug-likeness (QED) is 0.598. The lowest BCUT2D eigenvalue weighted by Gasteiger charge is -2.14. The fourth-order valence-electron chi connectivity index (χ4n) is 1.17. The summed E-state index contributed by atoms with van der Waals surface area (Å²) in [6.07, 6.45) is -0.855. The summed E-state index contributed by atoms with van der Waals surface area (Å²) in [5.74, 6) is -1.52. The van der Waals surface area contributed by atoms with Crippen LogP contribution in [0.3, 0.4) is 0 Å². The van der Waals surface area contributed by atoms with Crippen LogP contribution in [0.4, 0.5) is 5.69 Å². The predicted molar refractivity (Wildman–Crippen MR) is 59.9 cm³/mol. The maximum absolute atomic E-state index is 11.1. The van der Waals surface area contributed by atoms with E-state index in [1.54, 1.807) is 0 Å². The van der Waals surface area contributed by atoms with Crippen LogP contribution in [0.1, 0.15) is 17.3 Å². The molecule has 0 saturated carbocycles. The molecular weight excluding hydrogens is 226 g/mol. The first-order valence-corrected chi connectivity index (χ1v) is 4.83. The van der Waals surface area contributed by atoms with Crippen LogP contribution in [0.2, 0.25) is 0 Å². The maximum atomic E-state index is 11.1. The molecule has 1 aromatic rings. The first-order chi connectivity index (χ1) is 7.95. The highest BCUT2D eigenvalue weighted by Gasteiger charge is 2.17. The number of carbonyl (C=O) groups excluding carboxylic acids is 1. The van der Waals surface area contributed by atoms with Crippen molar-refractivity contribution in [3.63, 3.8) is 0 Å². The summed E-state index contributed by atoms with van der Waals surface area (Å²) in [4.78, 5) is 21.9. The maximum Gasteiger partial charge on any atom is 0.346 e. The minimum absolute atomic E-state index is 0.0336. The van der Waals surface area contributed by atoms with Gasteiger partial charge in [-0.05, 0) is 25.1 Å². The average Bonchev–Trinajstić information content (AvgIpc) is 2.30. The van der Waals surface area contributed by atoms with E-state index >= 15 is 0 Å². The number of hydrogen-bond acceptors (Lipinski definition) is 5. The summed E-state index contributed by atoms with van der Waals surface area (Å²) in [6.45, 7) is 1.48. The van der Waals surface area contributed by atoms with Gasteiger partial charge in [0.05, 0.1) is 18.4 Å². The van der Waals surface area contributed by atoms with Crippen LogP contribution < -0.4 is 10.5 Å². The van der Waals surface area contributed by atoms with Gasteiger partial charge >= 0.3 is 11.9 Å². The van der Waals surface area contributed by atoms with Crippen molar-refractivity contribution in [1.82, 2.24) is 0 Å². The normalized spacial score (nSPS) is 11.6. The molecule has 0 fully saturated rings. The van der Waals surface area contributed by atoms with Gasteiger partial charge in [-0.1, -0.05) is 0 Å². The number of methoxy groups -OCH3 is 1. The number of hydrogen-bond donors (Lipinski definition) is 2. The van der Waals surface area contributed by atoms with Gasteiger partial charge in [0.2, 0.25) is 0 Å². The molecule has 92 valence electrons. The second-order valence-corrected chi connectivity index (χ2v) is 3.34. The van der Waals surface area contributed by atoms with E-state index in [-0.39, 0.29) is 17.0 Å². The molecular formula is C11H13NO5. The van der Waals surface area contributed by atoms with Crippen LogP contribution in [0, 0.1) is 0 Å². The number of anilines is 1. The van der Waals surface area contributed by atoms with Crippen molar-refractivity contribution in [2.45, 2.75) is 13.0 Å². The van der Waals surface area contributed by atoms with Crippen molar-refractivity contribution in [1.29, 1.82) is 0 Å². The number of nitrogen functional groups attached to an aromatic ring is 1. The average molecular weight is 239 g/mol. The van der Waals surface area contributed by atoms with E-state index in [1.165, 1.54) is 32.2 Å². The summed E-state index contributed by atoms with van der Waals surface area (Å²) in [6, 6.07) is 4.02. The molecule has 1 atom stereocenters. The molecule has 0 aliphatic carbocycles. The third-order valence-electron chi connectivity index (χ3n) is 2.10. The van der Waals surface area contributed by atoms with Crippen molar-refractivity contribution < 1.29 is 24.2 Å². The molecule has 1 rings (SSSR count). The minimum Gasteiger partial charge on any atom is -0.478 e. The van der Waals surface area contributed by atoms with Crippen LogP contribution >= 0.6 is 0 Å². The van der Waals surface area contributed by atoms with Gasteiger partial charge in [-0.2, -0.15) is 0 Å². The van der Waals surface area contributed by atoms with Gasteiger partial charge in [0.25, 0.3) is 0 Å². The molecule has 0 amide bonds. The number of rotatable bonds is 4. The van der Waals surface area contributed by atoms with E-state index in [0.29, 0.717) is 0 Å². The lowest BCUT2D eigenvalue weighted by molar-refractivity contribution is -0.147. The van der Waals surface area contributed by atoms with Crippen LogP contribution in [0.25, 0.3) is 0 Å². The van der Waals surface area contributed by atoms with E-state index in [4.69, 9.17) is 15.6 Å². The number of carbonyl (C=O) groups is 2. The van der Waals surface area contributed by atoms with Gasteiger partial charge in [0.1, 0.15) is 5.75 Å². The Kier molecular flexibility index (Phi) is 3.92. The van der Waals surface area contributed by atoms with Gasteiger partial charge in [-0.15, -0.1) is 0 Å². The molecule has 0 aromatic heterocycles. The minimum atomic E-state index is -1.10. The molecule has 0 aliphatic rings. The monoisotopic (exact) mass is 239 g/mol. The van der Waals surface area contributed by atoms with E-state index < -0.39 is 18.0 Å². The molecule has 0 heterocycles. The molecule has 1 aromatic carbocycles. The zero-order chi connectivity index (χ0) is 13.0. The van der Waals surface area contributed by atoms with Gasteiger partial charge in [0.15, 0.2) is 6.10 Å². The second-order valence-electron chi connectivity index (χ2n) is 3.34. The third kappa shape index (κ3) is 3.10. The Bertz CT molecular complexity index is 443. The van der Waals surface area contributed by atoms with Crippen LogP contribution in [-0.2, 0) is 9.53 Å². The fourth-order valence-corrected chi connectivity index (χ4v) is 1.17. The summed E-state index contributed by atoms with van der Waals surface area (Å²) < 4.78 is 9.71. The van der Waals surface area contributed by atoms with Gasteiger partial charge in [-0.25, -0.2) is 9.59 Å². The summed E-state index contributed by atoms with van der Waals surface area (Å²) in [5, 5.41) is 8.80. The first kappa shape index (κ1) is 12.8. The van der Waals surface area contributed by atoms with E-state index in [9.17, 15) is 9.59 Å². The summed E-state index contributed by atoms with van der Waals surface area (Å²) in [7, 11) is 1.24. The number of carboxylic acids is 1. The number of carboxylic acid groups (broad SMARTS) is 1. The molecule has 6 heteroatoms. The third-order valence-corrected chi connectivity index (χ3v) is 2.10. The SMILES string of the molecule is COC(=O)C(C)Oc1cc(C(=O)O)ccc1N. The lowest BCUT2D eigenvalue weighted by Crippen LogP contribution is -2.25. The van der Waals surface area contributed by atoms with E-state index in [0.717, 1.165) is 0 Å². The summed E-state index contributed by atoms with van der Waals surface area (Å²) >= 11 is 0. The predicted octanol–water partition coefficient (Wildman–Crippen LogP) is 0.907. The van der Waals surface area contributed by atoms with Crippen molar-refractivity contribution >= 4 is 17.6 Å². The first-order valence-electron chi connectivity index (χ1n) is 4.83. The second kappa shape index (κ2) is 5.20. The zero-order valence-corrected chi connectivity index (χ0v) is 9.47. The standard InChI is InChI=1S/C11H13NO5/c1-6(11(15)16-2)17-9-5-7(10(13)14)3-4-8(9)12/h3-6H,12H2,1-2H3,(H,13,14). The number of benzene rings is 1. The molecule has 0 radical (unpaired) electrons. The van der Waals surface area contributed by atoms with Crippen LogP contribution in [0.15, 0.2) is 18.2 Å². The molecule has 0 saturated heterocycles. The lowest BCUT2D eigenvalue weighted by atomic mass is 10.2. The van der Waals surface area contributed by atoms with Crippen molar-refractivity contribution in [3.05, 3.63) is 23.8 Å². The highest BCUT2D eigenvalue weighted by atomic mass is 16.6. The number of nitrogens with two attached hydrogens (primary N) is 1. The molecule has 17 heavy (non-hydrogen) atoms. The molecule has 3 N–H and O–H groups in total. The van der Waals surface area contributed by atoms with Crippen molar-refractivity contribution in [3.8, 4) is 5.75 Å². The molecule has 1 unspecified atom stereocenters. The Morgan fingerprint density at radius 2 is 2.06 bits per heavy atom. The molecule has 0 spiro atoms. The summed E-state index contributed by atoms with van der Waals surface area (Å²) in [5.41, 5.74) is 5.90.